The van der Waals surface area contributed by atoms with Crippen LogP contribution in [0.2, 0.25) is 10.0 Å². The third-order valence-electron chi connectivity index (χ3n) is 2.74. The van der Waals surface area contributed by atoms with E-state index in [0.29, 0.717) is 5.02 Å². The Bertz CT molecular complexity index is 428. The molecule has 0 unspecified atom stereocenters. The van der Waals surface area contributed by atoms with Crippen molar-refractivity contribution < 1.29 is 9.90 Å². The second kappa shape index (κ2) is 4.52. The van der Waals surface area contributed by atoms with Gasteiger partial charge in [0.1, 0.15) is 0 Å². The number of aromatic carboxylic acids is 1. The number of carbonyl (C=O) groups is 1. The summed E-state index contributed by atoms with van der Waals surface area (Å²) in [4.78, 5) is 13.0. The molecule has 1 fully saturated rings. The number of carboxylic acids is 1. The van der Waals surface area contributed by atoms with Crippen molar-refractivity contribution in [1.29, 1.82) is 0 Å². The van der Waals surface area contributed by atoms with Gasteiger partial charge in [-0.15, -0.1) is 0 Å². The van der Waals surface area contributed by atoms with Crippen LogP contribution in [0.15, 0.2) is 12.1 Å². The summed E-state index contributed by atoms with van der Waals surface area (Å²) in [5, 5.41) is 9.35. The third-order valence-corrected chi connectivity index (χ3v) is 3.61. The Morgan fingerprint density at radius 1 is 1.19 bits per heavy atom. The average molecular weight is 260 g/mol. The van der Waals surface area contributed by atoms with Gasteiger partial charge in [0.2, 0.25) is 0 Å². The highest BCUT2D eigenvalue weighted by atomic mass is 35.5. The molecule has 0 spiro atoms. The lowest BCUT2D eigenvalue weighted by Gasteiger charge is -2.20. The van der Waals surface area contributed by atoms with Crippen LogP contribution in [0.3, 0.4) is 0 Å². The highest BCUT2D eigenvalue weighted by Crippen LogP contribution is 2.36. The van der Waals surface area contributed by atoms with Gasteiger partial charge in [-0.3, -0.25) is 0 Å². The van der Waals surface area contributed by atoms with Gasteiger partial charge in [0, 0.05) is 13.1 Å². The molecule has 1 aromatic carbocycles. The molecule has 5 heteroatoms. The van der Waals surface area contributed by atoms with Crippen molar-refractivity contribution in [2.24, 2.45) is 0 Å². The molecular formula is C11H11Cl2NO2. The van der Waals surface area contributed by atoms with E-state index < -0.39 is 5.97 Å². The molecule has 1 aliphatic heterocycles. The molecule has 0 radical (unpaired) electrons. The predicted octanol–water partition coefficient (Wildman–Crippen LogP) is 3.29. The van der Waals surface area contributed by atoms with Crippen molar-refractivity contribution in [2.75, 3.05) is 18.0 Å². The van der Waals surface area contributed by atoms with Gasteiger partial charge in [0.15, 0.2) is 0 Å². The van der Waals surface area contributed by atoms with Crippen LogP contribution in [0.25, 0.3) is 0 Å². The Morgan fingerprint density at radius 3 is 2.38 bits per heavy atom. The fourth-order valence-electron chi connectivity index (χ4n) is 1.91. The first-order valence-electron chi connectivity index (χ1n) is 5.07. The normalized spacial score (nSPS) is 15.5. The Morgan fingerprint density at radius 2 is 1.81 bits per heavy atom. The first-order chi connectivity index (χ1) is 7.61. The number of rotatable bonds is 2. The van der Waals surface area contributed by atoms with Crippen LogP contribution < -0.4 is 4.90 Å². The van der Waals surface area contributed by atoms with Crippen LogP contribution in [0.1, 0.15) is 23.2 Å². The average Bonchev–Trinajstić information content (AvgIpc) is 2.74. The minimum Gasteiger partial charge on any atom is -0.478 e. The van der Waals surface area contributed by atoms with Crippen molar-refractivity contribution in [3.8, 4) is 0 Å². The van der Waals surface area contributed by atoms with Gasteiger partial charge in [0.05, 0.1) is 21.3 Å². The summed E-state index contributed by atoms with van der Waals surface area (Å²) in [5.74, 6) is -1.06. The molecule has 1 saturated heterocycles. The van der Waals surface area contributed by atoms with Gasteiger partial charge in [-0.1, -0.05) is 23.2 Å². The number of carboxylic acid groups (broad SMARTS) is 1. The van der Waals surface area contributed by atoms with Crippen LogP contribution in [-0.2, 0) is 0 Å². The zero-order valence-corrected chi connectivity index (χ0v) is 10.1. The number of benzene rings is 1. The molecule has 0 amide bonds. The van der Waals surface area contributed by atoms with E-state index in [4.69, 9.17) is 28.3 Å². The molecule has 1 aromatic rings. The molecule has 2 rings (SSSR count). The molecule has 0 saturated carbocycles. The summed E-state index contributed by atoms with van der Waals surface area (Å²) in [7, 11) is 0. The summed E-state index contributed by atoms with van der Waals surface area (Å²) in [6.07, 6.45) is 2.27. The summed E-state index contributed by atoms with van der Waals surface area (Å²) in [5.41, 5.74) is 0.879. The quantitative estimate of drug-likeness (QED) is 0.886. The fourth-order valence-corrected chi connectivity index (χ4v) is 2.43. The summed E-state index contributed by atoms with van der Waals surface area (Å²) >= 11 is 12.0. The first-order valence-corrected chi connectivity index (χ1v) is 5.83. The Hall–Kier alpha value is -0.930. The zero-order valence-electron chi connectivity index (χ0n) is 8.54. The molecule has 1 aliphatic rings. The fraction of sp³-hybridized carbons (Fsp3) is 0.364. The molecule has 1 N–H and O–H groups in total. The zero-order chi connectivity index (χ0) is 11.7. The lowest BCUT2D eigenvalue weighted by atomic mass is 10.2. The van der Waals surface area contributed by atoms with Crippen molar-refractivity contribution in [1.82, 2.24) is 0 Å². The molecule has 0 atom stereocenters. The van der Waals surface area contributed by atoms with E-state index in [9.17, 15) is 4.79 Å². The van der Waals surface area contributed by atoms with Crippen molar-refractivity contribution in [2.45, 2.75) is 12.8 Å². The minimum atomic E-state index is -1.06. The molecule has 0 aliphatic carbocycles. The maximum absolute atomic E-state index is 10.8. The first kappa shape index (κ1) is 11.6. The van der Waals surface area contributed by atoms with E-state index in [2.05, 4.69) is 4.90 Å². The minimum absolute atomic E-state index is 0.0506. The van der Waals surface area contributed by atoms with E-state index in [0.717, 1.165) is 31.6 Å². The maximum Gasteiger partial charge on any atom is 0.337 e. The topological polar surface area (TPSA) is 40.5 Å². The van der Waals surface area contributed by atoms with Crippen LogP contribution in [0.5, 0.6) is 0 Å². The number of nitrogens with zero attached hydrogens (tertiary/aromatic N) is 1. The predicted molar refractivity (Wildman–Crippen MR) is 64.9 cm³/mol. The van der Waals surface area contributed by atoms with Gasteiger partial charge >= 0.3 is 5.97 Å². The van der Waals surface area contributed by atoms with Gasteiger partial charge in [0.25, 0.3) is 0 Å². The lowest BCUT2D eigenvalue weighted by molar-refractivity contribution is 0.0697. The van der Waals surface area contributed by atoms with E-state index in [1.807, 2.05) is 0 Å². The van der Waals surface area contributed by atoms with E-state index in [1.54, 1.807) is 6.07 Å². The van der Waals surface area contributed by atoms with Crippen molar-refractivity contribution >= 4 is 34.9 Å². The lowest BCUT2D eigenvalue weighted by Crippen LogP contribution is -2.18. The summed E-state index contributed by atoms with van der Waals surface area (Å²) in [6.45, 7) is 1.89. The van der Waals surface area contributed by atoms with Crippen LogP contribution in [0.4, 0.5) is 5.69 Å². The highest BCUT2D eigenvalue weighted by Gasteiger charge is 2.20. The molecule has 0 aromatic heterocycles. The molecule has 3 nitrogen and oxygen atoms in total. The number of hydrogen-bond acceptors (Lipinski definition) is 2. The van der Waals surface area contributed by atoms with Gasteiger partial charge in [-0.2, -0.15) is 0 Å². The van der Waals surface area contributed by atoms with Gasteiger partial charge in [-0.05, 0) is 25.0 Å². The van der Waals surface area contributed by atoms with Gasteiger partial charge in [-0.25, -0.2) is 4.79 Å². The van der Waals surface area contributed by atoms with E-state index in [-0.39, 0.29) is 10.6 Å². The molecule has 0 bridgehead atoms. The SMILES string of the molecule is O=C(O)c1ccc(N2CCCC2)c(Cl)c1Cl. The number of halogens is 2. The van der Waals surface area contributed by atoms with Crippen LogP contribution in [-0.4, -0.2) is 24.2 Å². The van der Waals surface area contributed by atoms with Crippen LogP contribution >= 0.6 is 23.2 Å². The number of anilines is 1. The molecular weight excluding hydrogens is 249 g/mol. The Labute approximate surface area is 104 Å². The monoisotopic (exact) mass is 259 g/mol. The molecule has 86 valence electrons. The smallest absolute Gasteiger partial charge is 0.337 e. The van der Waals surface area contributed by atoms with Crippen molar-refractivity contribution in [3.05, 3.63) is 27.7 Å². The standard InChI is InChI=1S/C11H11Cl2NO2/c12-9-7(11(15)16)3-4-8(10(9)13)14-5-1-2-6-14/h3-4H,1-2,5-6H2,(H,15,16). The van der Waals surface area contributed by atoms with Gasteiger partial charge < -0.3 is 10.0 Å². The Kier molecular flexibility index (Phi) is 3.26. The third kappa shape index (κ3) is 1.97. The molecule has 16 heavy (non-hydrogen) atoms. The van der Waals surface area contributed by atoms with E-state index in [1.165, 1.54) is 6.07 Å². The second-order valence-electron chi connectivity index (χ2n) is 3.76. The highest BCUT2D eigenvalue weighted by molar-refractivity contribution is 6.45. The van der Waals surface area contributed by atoms with Crippen molar-refractivity contribution in [3.63, 3.8) is 0 Å². The summed E-state index contributed by atoms with van der Waals surface area (Å²) in [6, 6.07) is 3.23. The summed E-state index contributed by atoms with van der Waals surface area (Å²) < 4.78 is 0. The maximum atomic E-state index is 10.8. The van der Waals surface area contributed by atoms with Crippen LogP contribution in [0, 0.1) is 0 Å². The Balaban J connectivity index is 2.41. The molecule has 1 heterocycles. The second-order valence-corrected chi connectivity index (χ2v) is 4.52. The largest absolute Gasteiger partial charge is 0.478 e. The number of hydrogen-bond donors (Lipinski definition) is 1. The van der Waals surface area contributed by atoms with E-state index >= 15 is 0 Å².